The van der Waals surface area contributed by atoms with Crippen LogP contribution in [-0.4, -0.2) is 20.1 Å². The predicted octanol–water partition coefficient (Wildman–Crippen LogP) is 8.26. The van der Waals surface area contributed by atoms with Crippen LogP contribution < -0.4 is 22.1 Å². The lowest BCUT2D eigenvalue weighted by Crippen LogP contribution is -2.20. The van der Waals surface area contributed by atoms with Crippen LogP contribution in [0.25, 0.3) is 0 Å². The Morgan fingerprint density at radius 2 is 1.32 bits per heavy atom. The smallest absolute Gasteiger partial charge is 0.111 e. The van der Waals surface area contributed by atoms with Gasteiger partial charge in [0.05, 0.1) is 0 Å². The third-order valence-electron chi connectivity index (χ3n) is 2.27. The van der Waals surface area contributed by atoms with Crippen molar-refractivity contribution in [3.8, 4) is 37.5 Å². The van der Waals surface area contributed by atoms with E-state index in [-0.39, 0.29) is 5.83 Å². The normalized spacial score (nSPS) is 7.16. The van der Waals surface area contributed by atoms with Gasteiger partial charge in [-0.15, -0.1) is 37.5 Å². The first kappa shape index (κ1) is 59.2. The fourth-order valence-electron chi connectivity index (χ4n) is 1.09. The number of likely N-dealkylation sites (N-methyl/N-ethyl adjacent to an activating group) is 1. The van der Waals surface area contributed by atoms with E-state index in [2.05, 4.69) is 80.2 Å². The number of terminal acetylenes is 2. The van der Waals surface area contributed by atoms with Crippen LogP contribution in [-0.2, 0) is 0 Å². The van der Waals surface area contributed by atoms with Crippen molar-refractivity contribution in [2.75, 3.05) is 20.1 Å². The van der Waals surface area contributed by atoms with E-state index in [1.54, 1.807) is 6.92 Å². The number of hydrogen-bond donors (Lipinski definition) is 4. The maximum atomic E-state index is 11.8. The molecule has 0 radical (unpaired) electrons. The first-order valence-electron chi connectivity index (χ1n) is 12.1. The zero-order valence-corrected chi connectivity index (χ0v) is 26.7. The Kier molecular flexibility index (Phi) is 123. The van der Waals surface area contributed by atoms with Crippen LogP contribution in [0.1, 0.15) is 82.1 Å². The molecule has 0 aliphatic rings. The lowest BCUT2D eigenvalue weighted by molar-refractivity contribution is 0.631. The largest absolute Gasteiger partial charge is 0.405 e. The van der Waals surface area contributed by atoms with Crippen LogP contribution in [0.3, 0.4) is 0 Å². The summed E-state index contributed by atoms with van der Waals surface area (Å²) >= 11 is 5.30. The number of rotatable bonds is 7. The summed E-state index contributed by atoms with van der Waals surface area (Å²) in [5.74, 6) is 5.54. The average Bonchev–Trinajstić information content (AvgIpc) is 2.92. The topological polar surface area (TPSA) is 76.1 Å². The van der Waals surface area contributed by atoms with Crippen molar-refractivity contribution in [1.29, 1.82) is 0 Å². The van der Waals surface area contributed by atoms with E-state index in [9.17, 15) is 4.39 Å². The van der Waals surface area contributed by atoms with E-state index in [4.69, 9.17) is 17.3 Å². The fourth-order valence-corrected chi connectivity index (χ4v) is 1.09. The molecule has 0 aromatic rings. The zero-order valence-electron chi connectivity index (χ0n) is 26.0. The Morgan fingerprint density at radius 3 is 1.51 bits per heavy atom. The molecular weight excluding hydrogens is 483 g/mol. The standard InChI is InChI=1S/C11H18N2.C5H8ClF.C3H7N.C2H5N.3C2H6.2C2H2/c1-5-6-7-8-13-11(3)10(2)9-12-4;1-3-5(6)4(2)7;1-3(2)4;1-2-3;5*1-2/h12-13H,2-3,7-9H2,1,4H3;3H2,1-2H3;1,4H2,2H3;2H,1,3H2;3*1-2H3;2*1-2H/b;5-4-;;;;;;;. The van der Waals surface area contributed by atoms with Crippen molar-refractivity contribution in [3.63, 3.8) is 0 Å². The van der Waals surface area contributed by atoms with Crippen LogP contribution in [0.5, 0.6) is 0 Å². The summed E-state index contributed by atoms with van der Waals surface area (Å²) < 4.78 is 11.8. The third kappa shape index (κ3) is 124. The molecule has 6 heteroatoms. The highest BCUT2D eigenvalue weighted by Crippen LogP contribution is 2.12. The van der Waals surface area contributed by atoms with Gasteiger partial charge in [-0.25, -0.2) is 4.39 Å². The summed E-state index contributed by atoms with van der Waals surface area (Å²) in [7, 11) is 1.89. The van der Waals surface area contributed by atoms with Crippen molar-refractivity contribution < 1.29 is 4.39 Å². The fraction of sp³-hybridized carbons (Fsp3) is 0.484. The molecule has 218 valence electrons. The lowest BCUT2D eigenvalue weighted by Gasteiger charge is -2.10. The molecule has 6 N–H and O–H groups in total. The monoisotopic (exact) mass is 542 g/mol. The minimum atomic E-state index is -0.274. The Bertz CT molecular complexity index is 579. The Morgan fingerprint density at radius 1 is 1.00 bits per heavy atom. The van der Waals surface area contributed by atoms with Gasteiger partial charge in [0.15, 0.2) is 0 Å². The molecule has 0 aliphatic carbocycles. The van der Waals surface area contributed by atoms with Crippen LogP contribution in [0.4, 0.5) is 4.39 Å². The van der Waals surface area contributed by atoms with E-state index in [1.807, 2.05) is 62.4 Å². The Balaban J connectivity index is -0.0000000397. The summed E-state index contributed by atoms with van der Waals surface area (Å²) in [6, 6.07) is 0. The van der Waals surface area contributed by atoms with Gasteiger partial charge in [0.1, 0.15) is 5.83 Å². The number of hydrogen-bond acceptors (Lipinski definition) is 4. The van der Waals surface area contributed by atoms with Gasteiger partial charge in [-0.05, 0) is 51.7 Å². The second-order valence-electron chi connectivity index (χ2n) is 5.09. The second kappa shape index (κ2) is 76.6. The predicted molar refractivity (Wildman–Crippen MR) is 175 cm³/mol. The number of nitrogens with two attached hydrogens (primary N) is 2. The maximum absolute atomic E-state index is 11.8. The molecule has 0 aromatic carbocycles. The van der Waals surface area contributed by atoms with Gasteiger partial charge in [-0.1, -0.05) is 86.4 Å². The minimum Gasteiger partial charge on any atom is -0.405 e. The highest BCUT2D eigenvalue weighted by Gasteiger charge is 1.96. The van der Waals surface area contributed by atoms with Gasteiger partial charge in [0.25, 0.3) is 0 Å². The van der Waals surface area contributed by atoms with Gasteiger partial charge in [0, 0.05) is 30.2 Å². The minimum absolute atomic E-state index is 0.274. The maximum Gasteiger partial charge on any atom is 0.111 e. The third-order valence-corrected chi connectivity index (χ3v) is 2.79. The van der Waals surface area contributed by atoms with E-state index in [0.29, 0.717) is 17.2 Å². The van der Waals surface area contributed by atoms with Crippen LogP contribution >= 0.6 is 11.6 Å². The molecule has 0 saturated carbocycles. The first-order chi connectivity index (χ1) is 17.5. The van der Waals surface area contributed by atoms with Crippen LogP contribution in [0, 0.1) is 37.5 Å². The van der Waals surface area contributed by atoms with E-state index in [1.165, 1.54) is 13.1 Å². The SMILES string of the molecule is C#C.C#C.C=C(C)N.C=C(CNC)C(=C)NCCC#CC.C=CN.CC.CC.CC.CC/C(Cl)=C(\C)F. The van der Waals surface area contributed by atoms with E-state index >= 15 is 0 Å². The zero-order chi connectivity index (χ0) is 32.3. The summed E-state index contributed by atoms with van der Waals surface area (Å²) in [4.78, 5) is 0. The average molecular weight is 543 g/mol. The summed E-state index contributed by atoms with van der Waals surface area (Å²) in [5, 5.41) is 6.51. The molecule has 0 amide bonds. The highest BCUT2D eigenvalue weighted by atomic mass is 35.5. The Hall–Kier alpha value is -3.04. The van der Waals surface area contributed by atoms with Crippen molar-refractivity contribution in [1.82, 2.24) is 10.6 Å². The molecule has 0 aromatic heterocycles. The highest BCUT2D eigenvalue weighted by molar-refractivity contribution is 6.29. The molecule has 0 unspecified atom stereocenters. The van der Waals surface area contributed by atoms with Gasteiger partial charge in [-0.3, -0.25) is 0 Å². The first-order valence-corrected chi connectivity index (χ1v) is 12.5. The van der Waals surface area contributed by atoms with Crippen molar-refractivity contribution >= 4 is 11.6 Å². The number of allylic oxidation sites excluding steroid dienone is 3. The molecule has 0 atom stereocenters. The van der Waals surface area contributed by atoms with E-state index < -0.39 is 0 Å². The van der Waals surface area contributed by atoms with Crippen molar-refractivity contribution in [2.24, 2.45) is 11.5 Å². The number of halogens is 2. The van der Waals surface area contributed by atoms with Crippen LogP contribution in [0.2, 0.25) is 0 Å². The lowest BCUT2D eigenvalue weighted by atomic mass is 10.2. The molecule has 0 saturated heterocycles. The summed E-state index contributed by atoms with van der Waals surface area (Å²) in [6.45, 7) is 34.6. The summed E-state index contributed by atoms with van der Waals surface area (Å²) in [5.41, 5.74) is 12.1. The molecule has 0 heterocycles. The van der Waals surface area contributed by atoms with Gasteiger partial charge < -0.3 is 22.1 Å². The molecule has 0 rings (SSSR count). The van der Waals surface area contributed by atoms with Gasteiger partial charge in [-0.2, -0.15) is 0 Å². The van der Waals surface area contributed by atoms with E-state index in [0.717, 1.165) is 30.8 Å². The molecule has 37 heavy (non-hydrogen) atoms. The molecule has 0 fully saturated rings. The molecule has 0 aliphatic heterocycles. The second-order valence-corrected chi connectivity index (χ2v) is 5.55. The molecule has 0 spiro atoms. The molecule has 4 nitrogen and oxygen atoms in total. The van der Waals surface area contributed by atoms with Gasteiger partial charge >= 0.3 is 0 Å². The van der Waals surface area contributed by atoms with Crippen molar-refractivity contribution in [3.05, 3.63) is 60.3 Å². The number of nitrogens with one attached hydrogen (secondary N) is 2. The van der Waals surface area contributed by atoms with Crippen LogP contribution in [0.15, 0.2) is 60.3 Å². The van der Waals surface area contributed by atoms with Gasteiger partial charge in [0.2, 0.25) is 0 Å². The quantitative estimate of drug-likeness (QED) is 0.148. The summed E-state index contributed by atoms with van der Waals surface area (Å²) in [6.07, 6.45) is 18.7. The molecule has 0 bridgehead atoms. The van der Waals surface area contributed by atoms with Crippen molar-refractivity contribution in [2.45, 2.75) is 82.1 Å². The Labute approximate surface area is 238 Å². The molecular formula is C31H60ClFN4.